The van der Waals surface area contributed by atoms with E-state index in [0.717, 1.165) is 16.3 Å². The molecule has 0 spiro atoms. The second kappa shape index (κ2) is 5.13. The molecule has 3 nitrogen and oxygen atoms in total. The van der Waals surface area contributed by atoms with E-state index in [1.165, 1.54) is 0 Å². The highest BCUT2D eigenvalue weighted by Gasteiger charge is 2.07. The number of carbonyl (C=O) groups is 1. The van der Waals surface area contributed by atoms with Gasteiger partial charge in [0.1, 0.15) is 5.69 Å². The van der Waals surface area contributed by atoms with Gasteiger partial charge in [-0.25, -0.2) is 4.98 Å². The third-order valence-corrected chi connectivity index (χ3v) is 3.22. The summed E-state index contributed by atoms with van der Waals surface area (Å²) in [6.45, 7) is 0. The van der Waals surface area contributed by atoms with Crippen molar-refractivity contribution < 1.29 is 4.79 Å². The van der Waals surface area contributed by atoms with Crippen LogP contribution in [0.3, 0.4) is 0 Å². The van der Waals surface area contributed by atoms with Crippen LogP contribution in [0, 0.1) is 0 Å². The smallest absolute Gasteiger partial charge is 0.204 e. The molecular formula is C17H14N2O. The first-order valence-electron chi connectivity index (χ1n) is 6.43. The van der Waals surface area contributed by atoms with Crippen LogP contribution in [0.4, 0.5) is 0 Å². The molecule has 0 unspecified atom stereocenters. The van der Waals surface area contributed by atoms with E-state index in [1.807, 2.05) is 66.7 Å². The van der Waals surface area contributed by atoms with Crippen molar-refractivity contribution in [2.24, 2.45) is 0 Å². The molecule has 20 heavy (non-hydrogen) atoms. The number of allylic oxidation sites excluding steroid dienone is 6. The first-order valence-corrected chi connectivity index (χ1v) is 6.43. The summed E-state index contributed by atoms with van der Waals surface area (Å²) in [6, 6.07) is 3.84. The van der Waals surface area contributed by atoms with Gasteiger partial charge in [-0.2, -0.15) is 0 Å². The Balaban J connectivity index is 2.00. The van der Waals surface area contributed by atoms with Gasteiger partial charge in [-0.05, 0) is 36.4 Å². The number of fused-ring (bicyclic) bond motifs is 1. The van der Waals surface area contributed by atoms with E-state index in [-0.39, 0.29) is 5.78 Å². The van der Waals surface area contributed by atoms with Gasteiger partial charge in [-0.15, -0.1) is 0 Å². The van der Waals surface area contributed by atoms with Gasteiger partial charge >= 0.3 is 0 Å². The lowest BCUT2D eigenvalue weighted by Gasteiger charge is -2.16. The van der Waals surface area contributed by atoms with Crippen molar-refractivity contribution in [3.63, 3.8) is 0 Å². The zero-order valence-corrected chi connectivity index (χ0v) is 11.2. The fourth-order valence-electron chi connectivity index (χ4n) is 2.11. The van der Waals surface area contributed by atoms with E-state index in [1.54, 1.807) is 12.2 Å². The van der Waals surface area contributed by atoms with Gasteiger partial charge in [0.25, 0.3) is 0 Å². The Morgan fingerprint density at radius 1 is 1.10 bits per heavy atom. The highest BCUT2D eigenvalue weighted by Crippen LogP contribution is 2.09. The zero-order valence-electron chi connectivity index (χ0n) is 11.2. The molecule has 3 heteroatoms. The number of ketones is 1. The van der Waals surface area contributed by atoms with Crippen molar-refractivity contribution >= 4 is 17.9 Å². The Kier molecular flexibility index (Phi) is 3.17. The average molecular weight is 262 g/mol. The summed E-state index contributed by atoms with van der Waals surface area (Å²) in [6.07, 6.45) is 17.1. The minimum atomic E-state index is -0.0389. The molecule has 1 aliphatic heterocycles. The molecule has 0 bridgehead atoms. The Bertz CT molecular complexity index is 795. The molecule has 2 heterocycles. The van der Waals surface area contributed by atoms with Crippen LogP contribution in [0.2, 0.25) is 0 Å². The molecule has 0 aromatic carbocycles. The number of pyridine rings is 1. The molecule has 0 saturated carbocycles. The molecule has 1 aromatic heterocycles. The van der Waals surface area contributed by atoms with E-state index in [4.69, 9.17) is 0 Å². The van der Waals surface area contributed by atoms with Gasteiger partial charge in [-0.3, -0.25) is 4.79 Å². The minimum absolute atomic E-state index is 0.0389. The minimum Gasteiger partial charge on any atom is -0.351 e. The van der Waals surface area contributed by atoms with Crippen molar-refractivity contribution in [1.82, 2.24) is 9.88 Å². The number of nitrogens with zero attached hydrogens (tertiary/aromatic N) is 2. The average Bonchev–Trinajstić information content (AvgIpc) is 2.47. The SMILES string of the molecule is CN1C=CC=CC1=CC=c1ccc2c(n1)C(=O)C=CC=2. The second-order valence-electron chi connectivity index (χ2n) is 4.63. The van der Waals surface area contributed by atoms with Crippen LogP contribution in [0.1, 0.15) is 10.5 Å². The summed E-state index contributed by atoms with van der Waals surface area (Å²) in [7, 11) is 1.99. The topological polar surface area (TPSA) is 33.2 Å². The zero-order chi connectivity index (χ0) is 13.9. The molecule has 0 atom stereocenters. The summed E-state index contributed by atoms with van der Waals surface area (Å²) in [4.78, 5) is 18.2. The molecule has 0 saturated heterocycles. The summed E-state index contributed by atoms with van der Waals surface area (Å²) in [5.74, 6) is -0.0389. The van der Waals surface area contributed by atoms with Crippen LogP contribution in [0.25, 0.3) is 12.2 Å². The first-order chi connectivity index (χ1) is 9.74. The maximum Gasteiger partial charge on any atom is 0.204 e. The van der Waals surface area contributed by atoms with Crippen molar-refractivity contribution in [2.75, 3.05) is 7.05 Å². The fraction of sp³-hybridized carbons (Fsp3) is 0.0588. The third-order valence-electron chi connectivity index (χ3n) is 3.22. The summed E-state index contributed by atoms with van der Waals surface area (Å²) >= 11 is 0. The second-order valence-corrected chi connectivity index (χ2v) is 4.63. The molecule has 1 aliphatic carbocycles. The van der Waals surface area contributed by atoms with Gasteiger partial charge in [0, 0.05) is 24.2 Å². The number of hydrogen-bond acceptors (Lipinski definition) is 3. The Hall–Kier alpha value is -2.68. The summed E-state index contributed by atoms with van der Waals surface area (Å²) < 4.78 is 0. The Morgan fingerprint density at radius 2 is 2.00 bits per heavy atom. The standard InChI is InChI=1S/C17H14N2O/c1-19-12-3-2-6-15(19)11-10-14-9-8-13-5-4-7-16(20)17(13)18-14/h2-12H,1H3. The van der Waals surface area contributed by atoms with Crippen LogP contribution in [0.15, 0.2) is 60.5 Å². The van der Waals surface area contributed by atoms with Crippen molar-refractivity contribution in [3.05, 3.63) is 76.7 Å². The van der Waals surface area contributed by atoms with Crippen molar-refractivity contribution in [3.8, 4) is 0 Å². The fourth-order valence-corrected chi connectivity index (χ4v) is 2.11. The monoisotopic (exact) mass is 262 g/mol. The molecule has 0 N–H and O–H groups in total. The quantitative estimate of drug-likeness (QED) is 0.764. The van der Waals surface area contributed by atoms with E-state index < -0.39 is 0 Å². The normalized spacial score (nSPS) is 19.4. The lowest BCUT2D eigenvalue weighted by molar-refractivity contribution is 0.104. The van der Waals surface area contributed by atoms with Crippen LogP contribution >= 0.6 is 0 Å². The predicted molar refractivity (Wildman–Crippen MR) is 80.0 cm³/mol. The van der Waals surface area contributed by atoms with Crippen LogP contribution in [0.5, 0.6) is 0 Å². The van der Waals surface area contributed by atoms with Gasteiger partial charge in [0.2, 0.25) is 5.78 Å². The largest absolute Gasteiger partial charge is 0.351 e. The van der Waals surface area contributed by atoms with Crippen LogP contribution in [-0.4, -0.2) is 22.7 Å². The van der Waals surface area contributed by atoms with Gasteiger partial charge in [0.15, 0.2) is 0 Å². The summed E-state index contributed by atoms with van der Waals surface area (Å²) in [5, 5.41) is 1.66. The highest BCUT2D eigenvalue weighted by atomic mass is 16.1. The van der Waals surface area contributed by atoms with E-state index >= 15 is 0 Å². The molecule has 0 fully saturated rings. The third kappa shape index (κ3) is 2.38. The van der Waals surface area contributed by atoms with Gasteiger partial charge in [-0.1, -0.05) is 24.3 Å². The molecule has 0 radical (unpaired) electrons. The van der Waals surface area contributed by atoms with Crippen LogP contribution in [-0.2, 0) is 0 Å². The highest BCUT2D eigenvalue weighted by molar-refractivity contribution is 6.05. The Morgan fingerprint density at radius 3 is 2.85 bits per heavy atom. The van der Waals surface area contributed by atoms with Crippen molar-refractivity contribution in [2.45, 2.75) is 0 Å². The maximum atomic E-state index is 11.8. The number of hydrogen-bond donors (Lipinski definition) is 0. The molecule has 1 aromatic rings. The molecule has 3 rings (SSSR count). The number of rotatable bonds is 1. The molecular weight excluding hydrogens is 248 g/mol. The van der Waals surface area contributed by atoms with Gasteiger partial charge < -0.3 is 4.90 Å². The number of likely N-dealkylation sites (N-methyl/N-ethyl adjacent to an activating group) is 1. The molecule has 2 aliphatic rings. The first kappa shape index (κ1) is 12.4. The predicted octanol–water partition coefficient (Wildman–Crippen LogP) is 1.29. The number of carbonyl (C=O) groups excluding carboxylic acids is 1. The van der Waals surface area contributed by atoms with Crippen molar-refractivity contribution in [1.29, 1.82) is 0 Å². The maximum absolute atomic E-state index is 11.8. The van der Waals surface area contributed by atoms with E-state index in [2.05, 4.69) is 4.98 Å². The Labute approximate surface area is 117 Å². The molecule has 0 amide bonds. The van der Waals surface area contributed by atoms with E-state index in [0.29, 0.717) is 5.69 Å². The molecule has 98 valence electrons. The lowest BCUT2D eigenvalue weighted by atomic mass is 10.1. The van der Waals surface area contributed by atoms with E-state index in [9.17, 15) is 4.79 Å². The lowest BCUT2D eigenvalue weighted by Crippen LogP contribution is -2.24. The summed E-state index contributed by atoms with van der Waals surface area (Å²) in [5.41, 5.74) is 1.59. The van der Waals surface area contributed by atoms with Crippen LogP contribution < -0.4 is 10.6 Å². The van der Waals surface area contributed by atoms with Gasteiger partial charge in [0.05, 0.1) is 5.35 Å². The number of aromatic nitrogens is 1.